The van der Waals surface area contributed by atoms with Crippen molar-refractivity contribution in [3.8, 4) is 11.5 Å². The van der Waals surface area contributed by atoms with E-state index in [1.807, 2.05) is 13.8 Å². The summed E-state index contributed by atoms with van der Waals surface area (Å²) in [6, 6.07) is 3.78. The van der Waals surface area contributed by atoms with Gasteiger partial charge in [-0.2, -0.15) is 0 Å². The Morgan fingerprint density at radius 1 is 1.11 bits per heavy atom. The largest absolute Gasteiger partial charge is 0.504 e. The van der Waals surface area contributed by atoms with Gasteiger partial charge in [0.15, 0.2) is 17.1 Å². The van der Waals surface area contributed by atoms with E-state index < -0.39 is 48.2 Å². The molecule has 0 saturated heterocycles. The summed E-state index contributed by atoms with van der Waals surface area (Å²) in [5.41, 5.74) is -2.50. The summed E-state index contributed by atoms with van der Waals surface area (Å²) in [5, 5.41) is 49.7. The van der Waals surface area contributed by atoms with Gasteiger partial charge in [-0.05, 0) is 17.7 Å². The minimum absolute atomic E-state index is 0.0138. The Morgan fingerprint density at radius 2 is 1.74 bits per heavy atom. The molecule has 150 valence electrons. The average Bonchev–Trinajstić information content (AvgIpc) is 2.52. The van der Waals surface area contributed by atoms with Gasteiger partial charge in [0.25, 0.3) is 0 Å². The van der Waals surface area contributed by atoms with E-state index in [1.54, 1.807) is 0 Å². The predicted octanol–water partition coefficient (Wildman–Crippen LogP) is 0.361. The molecule has 10 nitrogen and oxygen atoms in total. The van der Waals surface area contributed by atoms with Gasteiger partial charge < -0.3 is 35.6 Å². The minimum Gasteiger partial charge on any atom is -0.504 e. The second-order valence-electron chi connectivity index (χ2n) is 6.37. The zero-order valence-corrected chi connectivity index (χ0v) is 14.9. The number of phenolic OH excluding ortho intramolecular Hbond substituents is 2. The lowest BCUT2D eigenvalue weighted by molar-refractivity contribution is -0.173. The van der Waals surface area contributed by atoms with E-state index in [4.69, 9.17) is 14.9 Å². The summed E-state index contributed by atoms with van der Waals surface area (Å²) in [6.07, 6.45) is -3.22. The number of benzene rings is 1. The van der Waals surface area contributed by atoms with Crippen molar-refractivity contribution in [3.05, 3.63) is 23.8 Å². The van der Waals surface area contributed by atoms with E-state index in [0.29, 0.717) is 5.56 Å². The zero-order valence-electron chi connectivity index (χ0n) is 14.9. The standard InChI is InChI=1S/C17H23NO9/c1-9(2)18-8-13(10-3-4-11(19)12(20)5-10)27-15(23)7-17(26,16(24)25)6-14(21)22/h3-5,9,13,18-20,26H,6-8H2,1-2H3,(H,21,22)(H,24,25). The monoisotopic (exact) mass is 385 g/mol. The molecular weight excluding hydrogens is 362 g/mol. The number of carbonyl (C=O) groups excluding carboxylic acids is 1. The molecule has 0 aromatic heterocycles. The highest BCUT2D eigenvalue weighted by atomic mass is 16.5. The highest BCUT2D eigenvalue weighted by molar-refractivity contribution is 5.88. The van der Waals surface area contributed by atoms with Crippen LogP contribution in [0.3, 0.4) is 0 Å². The van der Waals surface area contributed by atoms with Gasteiger partial charge >= 0.3 is 17.9 Å². The summed E-state index contributed by atoms with van der Waals surface area (Å²) in [5.74, 6) is -5.40. The number of rotatable bonds is 10. The van der Waals surface area contributed by atoms with Gasteiger partial charge in [0.2, 0.25) is 0 Å². The molecule has 0 amide bonds. The maximum absolute atomic E-state index is 12.1. The van der Waals surface area contributed by atoms with Crippen molar-refractivity contribution in [2.75, 3.05) is 6.54 Å². The Labute approximate surface area is 155 Å². The first-order valence-corrected chi connectivity index (χ1v) is 8.07. The van der Waals surface area contributed by atoms with Crippen molar-refractivity contribution in [3.63, 3.8) is 0 Å². The number of nitrogens with one attached hydrogen (secondary N) is 1. The SMILES string of the molecule is CC(C)NCC(OC(=O)CC(O)(CC(=O)O)C(=O)O)c1ccc(O)c(O)c1. The quantitative estimate of drug-likeness (QED) is 0.244. The van der Waals surface area contributed by atoms with Crippen LogP contribution in [0, 0.1) is 0 Å². The van der Waals surface area contributed by atoms with Crippen LogP contribution in [0.25, 0.3) is 0 Å². The van der Waals surface area contributed by atoms with Gasteiger partial charge in [-0.25, -0.2) is 4.79 Å². The molecule has 0 saturated carbocycles. The van der Waals surface area contributed by atoms with Crippen molar-refractivity contribution >= 4 is 17.9 Å². The summed E-state index contributed by atoms with van der Waals surface area (Å²) in [6.45, 7) is 3.77. The van der Waals surface area contributed by atoms with Gasteiger partial charge in [0.1, 0.15) is 6.10 Å². The second-order valence-corrected chi connectivity index (χ2v) is 6.37. The number of esters is 1. The van der Waals surface area contributed by atoms with E-state index in [9.17, 15) is 29.7 Å². The normalized spacial score (nSPS) is 14.4. The molecule has 0 aliphatic heterocycles. The van der Waals surface area contributed by atoms with Gasteiger partial charge in [-0.15, -0.1) is 0 Å². The molecule has 1 rings (SSSR count). The molecule has 27 heavy (non-hydrogen) atoms. The van der Waals surface area contributed by atoms with E-state index in [0.717, 1.165) is 0 Å². The maximum atomic E-state index is 12.1. The van der Waals surface area contributed by atoms with Crippen LogP contribution in [0.2, 0.25) is 0 Å². The second kappa shape index (κ2) is 9.19. The number of carbonyl (C=O) groups is 3. The molecule has 0 heterocycles. The number of ether oxygens (including phenoxy) is 1. The van der Waals surface area contributed by atoms with Crippen LogP contribution >= 0.6 is 0 Å². The fourth-order valence-corrected chi connectivity index (χ4v) is 2.21. The van der Waals surface area contributed by atoms with Crippen LogP contribution in [-0.4, -0.2) is 61.6 Å². The van der Waals surface area contributed by atoms with Crippen LogP contribution < -0.4 is 5.32 Å². The smallest absolute Gasteiger partial charge is 0.336 e. The van der Waals surface area contributed by atoms with Gasteiger partial charge in [-0.3, -0.25) is 9.59 Å². The number of hydrogen-bond acceptors (Lipinski definition) is 8. The van der Waals surface area contributed by atoms with Crippen LogP contribution in [0.4, 0.5) is 0 Å². The molecule has 1 aromatic rings. The predicted molar refractivity (Wildman–Crippen MR) is 91.2 cm³/mol. The highest BCUT2D eigenvalue weighted by Crippen LogP contribution is 2.30. The molecule has 2 atom stereocenters. The Bertz CT molecular complexity index is 704. The maximum Gasteiger partial charge on any atom is 0.336 e. The molecular formula is C17H23NO9. The van der Waals surface area contributed by atoms with Crippen molar-refractivity contribution in [2.24, 2.45) is 0 Å². The summed E-state index contributed by atoms with van der Waals surface area (Å²) >= 11 is 0. The fourth-order valence-electron chi connectivity index (χ4n) is 2.21. The molecule has 0 aliphatic rings. The Kier molecular flexibility index (Phi) is 7.56. The Balaban J connectivity index is 2.99. The number of aliphatic hydroxyl groups is 1. The number of carboxylic acid groups (broad SMARTS) is 2. The third-order valence-electron chi connectivity index (χ3n) is 3.64. The van der Waals surface area contributed by atoms with Crippen LogP contribution in [-0.2, 0) is 19.1 Å². The molecule has 10 heteroatoms. The molecule has 2 unspecified atom stereocenters. The third-order valence-corrected chi connectivity index (χ3v) is 3.64. The summed E-state index contributed by atoms with van der Waals surface area (Å²) in [4.78, 5) is 34.1. The first-order chi connectivity index (χ1) is 12.4. The Morgan fingerprint density at radius 3 is 2.22 bits per heavy atom. The molecule has 0 bridgehead atoms. The highest BCUT2D eigenvalue weighted by Gasteiger charge is 2.42. The average molecular weight is 385 g/mol. The molecule has 6 N–H and O–H groups in total. The van der Waals surface area contributed by atoms with E-state index >= 15 is 0 Å². The van der Waals surface area contributed by atoms with Gasteiger partial charge in [-0.1, -0.05) is 19.9 Å². The van der Waals surface area contributed by atoms with E-state index in [2.05, 4.69) is 5.32 Å². The van der Waals surface area contributed by atoms with Crippen molar-refractivity contribution < 1.29 is 44.7 Å². The number of hydrogen-bond donors (Lipinski definition) is 6. The van der Waals surface area contributed by atoms with Crippen molar-refractivity contribution in [1.82, 2.24) is 5.32 Å². The van der Waals surface area contributed by atoms with Gasteiger partial charge in [0, 0.05) is 12.6 Å². The Hall–Kier alpha value is -2.85. The number of aromatic hydroxyl groups is 2. The summed E-state index contributed by atoms with van der Waals surface area (Å²) < 4.78 is 5.20. The van der Waals surface area contributed by atoms with Crippen LogP contribution in [0.5, 0.6) is 11.5 Å². The molecule has 1 aromatic carbocycles. The number of aliphatic carboxylic acids is 2. The molecule has 0 radical (unpaired) electrons. The van der Waals surface area contributed by atoms with E-state index in [-0.39, 0.29) is 18.3 Å². The first kappa shape index (κ1) is 22.2. The molecule has 0 fully saturated rings. The van der Waals surface area contributed by atoms with E-state index in [1.165, 1.54) is 18.2 Å². The fraction of sp³-hybridized carbons (Fsp3) is 0.471. The first-order valence-electron chi connectivity index (χ1n) is 8.07. The topological polar surface area (TPSA) is 174 Å². The zero-order chi connectivity index (χ0) is 20.8. The number of phenols is 2. The van der Waals surface area contributed by atoms with Crippen molar-refractivity contribution in [1.29, 1.82) is 0 Å². The lowest BCUT2D eigenvalue weighted by Crippen LogP contribution is -2.43. The third kappa shape index (κ3) is 6.76. The lowest BCUT2D eigenvalue weighted by Gasteiger charge is -2.24. The van der Waals surface area contributed by atoms with Gasteiger partial charge in [0.05, 0.1) is 12.8 Å². The lowest BCUT2D eigenvalue weighted by atomic mass is 9.96. The molecule has 0 aliphatic carbocycles. The summed E-state index contributed by atoms with van der Waals surface area (Å²) in [7, 11) is 0. The van der Waals surface area contributed by atoms with Crippen LogP contribution in [0.15, 0.2) is 18.2 Å². The molecule has 0 spiro atoms. The van der Waals surface area contributed by atoms with Crippen LogP contribution in [0.1, 0.15) is 38.4 Å². The minimum atomic E-state index is -2.81. The van der Waals surface area contributed by atoms with Crippen molar-refractivity contribution in [2.45, 2.75) is 44.4 Å². The number of carboxylic acids is 2.